The lowest BCUT2D eigenvalue weighted by molar-refractivity contribution is 0.193. The molecule has 0 aliphatic carbocycles. The van der Waals surface area contributed by atoms with Crippen LogP contribution in [-0.4, -0.2) is 31.3 Å². The third kappa shape index (κ3) is 2.33. The first-order valence-electron chi connectivity index (χ1n) is 5.70. The van der Waals surface area contributed by atoms with Gasteiger partial charge in [-0.2, -0.15) is 0 Å². The molecule has 0 bridgehead atoms. The molecular weight excluding hydrogens is 202 g/mol. The third-order valence-corrected chi connectivity index (χ3v) is 3.11. The molecule has 1 aliphatic rings. The second-order valence-electron chi connectivity index (χ2n) is 4.36. The Hall–Kier alpha value is -1.13. The van der Waals surface area contributed by atoms with Crippen molar-refractivity contribution in [3.8, 4) is 0 Å². The lowest BCUT2D eigenvalue weighted by Crippen LogP contribution is -2.32. The number of rotatable bonds is 3. The molecule has 2 rings (SSSR count). The second-order valence-corrected chi connectivity index (χ2v) is 4.36. The van der Waals surface area contributed by atoms with Gasteiger partial charge in [0.25, 0.3) is 0 Å². The van der Waals surface area contributed by atoms with Gasteiger partial charge in [0.2, 0.25) is 0 Å². The summed E-state index contributed by atoms with van der Waals surface area (Å²) in [6.45, 7) is 3.63. The van der Waals surface area contributed by atoms with E-state index in [2.05, 4.69) is 23.0 Å². The number of hydrogen-bond donors (Lipinski definition) is 1. The third-order valence-electron chi connectivity index (χ3n) is 3.11. The van der Waals surface area contributed by atoms with Crippen LogP contribution < -0.4 is 10.6 Å². The van der Waals surface area contributed by atoms with Crippen LogP contribution in [0.25, 0.3) is 0 Å². The van der Waals surface area contributed by atoms with E-state index in [1.165, 1.54) is 0 Å². The average molecular weight is 221 g/mol. The normalized spacial score (nSPS) is 22.1. The molecule has 0 saturated carbocycles. The van der Waals surface area contributed by atoms with Crippen molar-refractivity contribution in [1.29, 1.82) is 0 Å². The predicted molar refractivity (Wildman–Crippen MR) is 64.5 cm³/mol. The van der Waals surface area contributed by atoms with E-state index < -0.39 is 0 Å². The molecule has 1 aromatic rings. The summed E-state index contributed by atoms with van der Waals surface area (Å²) in [6, 6.07) is 4.52. The topological polar surface area (TPSA) is 51.4 Å². The number of anilines is 1. The van der Waals surface area contributed by atoms with E-state index in [4.69, 9.17) is 10.5 Å². The first-order valence-corrected chi connectivity index (χ1v) is 5.70. The molecule has 2 unspecified atom stereocenters. The van der Waals surface area contributed by atoms with Crippen LogP contribution in [0.15, 0.2) is 18.3 Å². The number of hydrogen-bond acceptors (Lipinski definition) is 4. The molecule has 88 valence electrons. The van der Waals surface area contributed by atoms with Crippen molar-refractivity contribution >= 4 is 5.82 Å². The van der Waals surface area contributed by atoms with E-state index in [1.54, 1.807) is 0 Å². The van der Waals surface area contributed by atoms with Gasteiger partial charge >= 0.3 is 0 Å². The number of pyridine rings is 1. The fraction of sp³-hybridized carbons (Fsp3) is 0.583. The lowest BCUT2D eigenvalue weighted by atomic mass is 10.1. The van der Waals surface area contributed by atoms with Crippen LogP contribution in [0.3, 0.4) is 0 Å². The highest BCUT2D eigenvalue weighted by molar-refractivity contribution is 5.42. The Labute approximate surface area is 96.4 Å². The van der Waals surface area contributed by atoms with Crippen molar-refractivity contribution in [3.63, 3.8) is 0 Å². The smallest absolute Gasteiger partial charge is 0.128 e. The Morgan fingerprint density at radius 2 is 2.44 bits per heavy atom. The maximum atomic E-state index is 5.87. The molecule has 16 heavy (non-hydrogen) atoms. The molecule has 0 aromatic carbocycles. The molecule has 2 heterocycles. The molecular formula is C12H19N3O. The molecule has 0 radical (unpaired) electrons. The number of likely N-dealkylation sites (N-methyl/N-ethyl adjacent to an activating group) is 1. The van der Waals surface area contributed by atoms with Gasteiger partial charge in [-0.05, 0) is 31.0 Å². The standard InChI is InChI=1S/C12H19N3O/c1-9(13)10-3-5-14-12(7-10)15(2)11-4-6-16-8-11/h3,5,7,9,11H,4,6,8,13H2,1-2H3. The fourth-order valence-electron chi connectivity index (χ4n) is 1.92. The van der Waals surface area contributed by atoms with Gasteiger partial charge in [0.15, 0.2) is 0 Å². The van der Waals surface area contributed by atoms with Crippen LogP contribution in [0, 0.1) is 0 Å². The first-order chi connectivity index (χ1) is 7.68. The Morgan fingerprint density at radius 1 is 1.62 bits per heavy atom. The van der Waals surface area contributed by atoms with Crippen molar-refractivity contribution in [2.75, 3.05) is 25.2 Å². The zero-order valence-electron chi connectivity index (χ0n) is 9.89. The quantitative estimate of drug-likeness (QED) is 0.836. The molecule has 2 N–H and O–H groups in total. The molecule has 1 saturated heterocycles. The van der Waals surface area contributed by atoms with Gasteiger partial charge < -0.3 is 15.4 Å². The average Bonchev–Trinajstić information content (AvgIpc) is 2.81. The van der Waals surface area contributed by atoms with Gasteiger partial charge in [0.1, 0.15) is 5.82 Å². The van der Waals surface area contributed by atoms with Crippen molar-refractivity contribution in [2.24, 2.45) is 5.73 Å². The van der Waals surface area contributed by atoms with E-state index >= 15 is 0 Å². The molecule has 1 aliphatic heterocycles. The monoisotopic (exact) mass is 221 g/mol. The van der Waals surface area contributed by atoms with Crippen LogP contribution >= 0.6 is 0 Å². The van der Waals surface area contributed by atoms with Crippen LogP contribution in [0.4, 0.5) is 5.82 Å². The Morgan fingerprint density at radius 3 is 3.06 bits per heavy atom. The highest BCUT2D eigenvalue weighted by Crippen LogP contribution is 2.20. The first kappa shape index (κ1) is 11.4. The van der Waals surface area contributed by atoms with Crippen molar-refractivity contribution in [3.05, 3.63) is 23.9 Å². The molecule has 0 spiro atoms. The Kier molecular flexibility index (Phi) is 3.41. The minimum Gasteiger partial charge on any atom is -0.379 e. The maximum Gasteiger partial charge on any atom is 0.128 e. The van der Waals surface area contributed by atoms with Gasteiger partial charge in [-0.3, -0.25) is 0 Å². The van der Waals surface area contributed by atoms with E-state index in [0.29, 0.717) is 6.04 Å². The summed E-state index contributed by atoms with van der Waals surface area (Å²) in [5.74, 6) is 0.977. The Bertz CT molecular complexity index is 348. The van der Waals surface area contributed by atoms with Crippen molar-refractivity contribution < 1.29 is 4.74 Å². The summed E-state index contributed by atoms with van der Waals surface area (Å²) in [5.41, 5.74) is 6.99. The van der Waals surface area contributed by atoms with E-state index in [0.717, 1.165) is 31.0 Å². The SMILES string of the molecule is CC(N)c1ccnc(N(C)C2CCOC2)c1. The van der Waals surface area contributed by atoms with Gasteiger partial charge in [-0.15, -0.1) is 0 Å². The zero-order valence-corrected chi connectivity index (χ0v) is 9.89. The minimum atomic E-state index is 0.0509. The van der Waals surface area contributed by atoms with Crippen LogP contribution in [0.1, 0.15) is 24.9 Å². The van der Waals surface area contributed by atoms with Crippen LogP contribution in [0.2, 0.25) is 0 Å². The summed E-state index contributed by atoms with van der Waals surface area (Å²) < 4.78 is 5.38. The zero-order chi connectivity index (χ0) is 11.5. The molecule has 0 amide bonds. The highest BCUT2D eigenvalue weighted by Gasteiger charge is 2.21. The van der Waals surface area contributed by atoms with Gasteiger partial charge in [-0.1, -0.05) is 0 Å². The van der Waals surface area contributed by atoms with Gasteiger partial charge in [0.05, 0.1) is 12.6 Å². The number of nitrogens with two attached hydrogens (primary N) is 1. The summed E-state index contributed by atoms with van der Waals surface area (Å²) in [7, 11) is 2.06. The second kappa shape index (κ2) is 4.80. The molecule has 4 nitrogen and oxygen atoms in total. The van der Waals surface area contributed by atoms with Crippen LogP contribution in [0.5, 0.6) is 0 Å². The number of aromatic nitrogens is 1. The lowest BCUT2D eigenvalue weighted by Gasteiger charge is -2.24. The van der Waals surface area contributed by atoms with Gasteiger partial charge in [-0.25, -0.2) is 4.98 Å². The fourth-order valence-corrected chi connectivity index (χ4v) is 1.92. The summed E-state index contributed by atoms with van der Waals surface area (Å²) in [4.78, 5) is 6.56. The summed E-state index contributed by atoms with van der Waals surface area (Å²) in [5, 5.41) is 0. The molecule has 4 heteroatoms. The van der Waals surface area contributed by atoms with E-state index in [-0.39, 0.29) is 6.04 Å². The molecule has 1 fully saturated rings. The van der Waals surface area contributed by atoms with Crippen molar-refractivity contribution in [1.82, 2.24) is 4.98 Å². The molecule has 1 aromatic heterocycles. The Balaban J connectivity index is 2.15. The maximum absolute atomic E-state index is 5.87. The van der Waals surface area contributed by atoms with Crippen molar-refractivity contribution in [2.45, 2.75) is 25.4 Å². The number of nitrogens with zero attached hydrogens (tertiary/aromatic N) is 2. The highest BCUT2D eigenvalue weighted by atomic mass is 16.5. The molecule has 2 atom stereocenters. The predicted octanol–water partition coefficient (Wildman–Crippen LogP) is 1.33. The largest absolute Gasteiger partial charge is 0.379 e. The minimum absolute atomic E-state index is 0.0509. The van der Waals surface area contributed by atoms with Crippen LogP contribution in [-0.2, 0) is 4.74 Å². The number of ether oxygens (including phenoxy) is 1. The summed E-state index contributed by atoms with van der Waals surface area (Å²) >= 11 is 0. The van der Waals surface area contributed by atoms with Gasteiger partial charge in [0, 0.05) is 25.9 Å². The summed E-state index contributed by atoms with van der Waals surface area (Å²) in [6.07, 6.45) is 2.89. The van der Waals surface area contributed by atoms with E-state index in [1.807, 2.05) is 19.2 Å². The van der Waals surface area contributed by atoms with E-state index in [9.17, 15) is 0 Å².